The third-order valence-corrected chi connectivity index (χ3v) is 3.84. The molecule has 142 valence electrons. The van der Waals surface area contributed by atoms with Crippen LogP contribution >= 0.6 is 0 Å². The first-order chi connectivity index (χ1) is 13.5. The van der Waals surface area contributed by atoms with Gasteiger partial charge in [-0.15, -0.1) is 10.2 Å². The first kappa shape index (κ1) is 19.0. The smallest absolute Gasteiger partial charge is 0.358 e. The zero-order chi connectivity index (χ0) is 19.9. The van der Waals surface area contributed by atoms with E-state index in [0.717, 1.165) is 5.56 Å². The van der Waals surface area contributed by atoms with Crippen LogP contribution < -0.4 is 10.6 Å². The molecule has 0 aliphatic carbocycles. The highest BCUT2D eigenvalue weighted by molar-refractivity contribution is 5.94. The van der Waals surface area contributed by atoms with Crippen LogP contribution in [0.25, 0.3) is 0 Å². The van der Waals surface area contributed by atoms with Crippen LogP contribution in [0.5, 0.6) is 0 Å². The molecular formula is C20H17FN4O3. The van der Waals surface area contributed by atoms with E-state index < -0.39 is 5.97 Å². The third-order valence-electron chi connectivity index (χ3n) is 3.84. The van der Waals surface area contributed by atoms with Crippen LogP contribution in [0, 0.1) is 5.82 Å². The number of esters is 1. The molecule has 0 aliphatic heterocycles. The summed E-state index contributed by atoms with van der Waals surface area (Å²) in [5.74, 6) is -0.669. The Hall–Kier alpha value is -3.81. The Labute approximate surface area is 160 Å². The van der Waals surface area contributed by atoms with Gasteiger partial charge in [0.1, 0.15) is 5.82 Å². The number of amides is 1. The monoisotopic (exact) mass is 380 g/mol. The van der Waals surface area contributed by atoms with Crippen LogP contribution in [-0.2, 0) is 11.3 Å². The molecule has 3 aromatic rings. The molecule has 0 spiro atoms. The molecule has 0 aliphatic rings. The molecule has 0 radical (unpaired) electrons. The maximum Gasteiger partial charge on any atom is 0.358 e. The number of benzene rings is 2. The van der Waals surface area contributed by atoms with Gasteiger partial charge in [-0.1, -0.05) is 12.1 Å². The quantitative estimate of drug-likeness (QED) is 0.639. The Bertz CT molecular complexity index is 958. The van der Waals surface area contributed by atoms with Crippen molar-refractivity contribution in [2.75, 3.05) is 12.4 Å². The summed E-state index contributed by atoms with van der Waals surface area (Å²) in [6, 6.07) is 15.8. The average molecular weight is 380 g/mol. The fraction of sp³-hybridized carbons (Fsp3) is 0.100. The van der Waals surface area contributed by atoms with Gasteiger partial charge in [0.15, 0.2) is 11.5 Å². The Morgan fingerprint density at radius 2 is 1.68 bits per heavy atom. The summed E-state index contributed by atoms with van der Waals surface area (Å²) >= 11 is 0. The number of nitrogens with zero attached hydrogens (tertiary/aromatic N) is 2. The number of anilines is 2. The Kier molecular flexibility index (Phi) is 5.91. The number of rotatable bonds is 6. The molecule has 0 saturated carbocycles. The van der Waals surface area contributed by atoms with Crippen LogP contribution in [0.2, 0.25) is 0 Å². The Morgan fingerprint density at radius 3 is 2.29 bits per heavy atom. The van der Waals surface area contributed by atoms with E-state index in [0.29, 0.717) is 23.6 Å². The second-order valence-electron chi connectivity index (χ2n) is 5.81. The van der Waals surface area contributed by atoms with Gasteiger partial charge in [0.25, 0.3) is 5.91 Å². The number of hydrogen-bond acceptors (Lipinski definition) is 6. The van der Waals surface area contributed by atoms with E-state index in [9.17, 15) is 14.0 Å². The predicted molar refractivity (Wildman–Crippen MR) is 101 cm³/mol. The van der Waals surface area contributed by atoms with E-state index in [1.54, 1.807) is 42.5 Å². The van der Waals surface area contributed by atoms with E-state index in [4.69, 9.17) is 0 Å². The number of methoxy groups -OCH3 is 1. The predicted octanol–water partition coefficient (Wildman–Crippen LogP) is 3.08. The van der Waals surface area contributed by atoms with Gasteiger partial charge in [0.05, 0.1) is 7.11 Å². The van der Waals surface area contributed by atoms with Crippen molar-refractivity contribution < 1.29 is 18.7 Å². The molecule has 28 heavy (non-hydrogen) atoms. The largest absolute Gasteiger partial charge is 0.464 e. The van der Waals surface area contributed by atoms with Gasteiger partial charge in [-0.3, -0.25) is 4.79 Å². The van der Waals surface area contributed by atoms with Crippen LogP contribution in [0.1, 0.15) is 26.4 Å². The summed E-state index contributed by atoms with van der Waals surface area (Å²) in [7, 11) is 1.27. The molecular weight excluding hydrogens is 363 g/mol. The molecule has 1 amide bonds. The number of carbonyl (C=O) groups excluding carboxylic acids is 2. The maximum absolute atomic E-state index is 12.9. The summed E-state index contributed by atoms with van der Waals surface area (Å²) in [6.07, 6.45) is 0. The molecule has 1 aromatic heterocycles. The number of hydrogen-bond donors (Lipinski definition) is 2. The van der Waals surface area contributed by atoms with Crippen molar-refractivity contribution in [1.82, 2.24) is 15.5 Å². The van der Waals surface area contributed by atoms with E-state index >= 15 is 0 Å². The van der Waals surface area contributed by atoms with Crippen LogP contribution in [0.3, 0.4) is 0 Å². The lowest BCUT2D eigenvalue weighted by molar-refractivity contribution is 0.0592. The summed E-state index contributed by atoms with van der Waals surface area (Å²) in [5.41, 5.74) is 2.11. The number of halogens is 1. The topological polar surface area (TPSA) is 93.2 Å². The van der Waals surface area contributed by atoms with Gasteiger partial charge in [-0.25, -0.2) is 9.18 Å². The fourth-order valence-corrected chi connectivity index (χ4v) is 2.35. The zero-order valence-corrected chi connectivity index (χ0v) is 15.0. The normalized spacial score (nSPS) is 10.2. The molecule has 7 nitrogen and oxygen atoms in total. The molecule has 3 rings (SSSR count). The molecule has 1 heterocycles. The van der Waals surface area contributed by atoms with Crippen molar-refractivity contribution in [3.63, 3.8) is 0 Å². The van der Waals surface area contributed by atoms with Gasteiger partial charge in [0.2, 0.25) is 0 Å². The van der Waals surface area contributed by atoms with Gasteiger partial charge >= 0.3 is 5.97 Å². The van der Waals surface area contributed by atoms with E-state index in [-0.39, 0.29) is 17.4 Å². The third kappa shape index (κ3) is 4.88. The standard InChI is InChI=1S/C20H17FN4O3/c1-28-20(27)17-10-11-18(25-24-17)23-16-8-4-14(5-9-16)19(26)22-12-13-2-6-15(21)7-3-13/h2-11H,12H2,1H3,(H,22,26)(H,23,25). The number of ether oxygens (including phenoxy) is 1. The van der Waals surface area contributed by atoms with Crippen LogP contribution in [-0.4, -0.2) is 29.2 Å². The SMILES string of the molecule is COC(=O)c1ccc(Nc2ccc(C(=O)NCc3ccc(F)cc3)cc2)nn1. The minimum Gasteiger partial charge on any atom is -0.464 e. The van der Waals surface area contributed by atoms with Crippen molar-refractivity contribution in [3.05, 3.63) is 83.3 Å². The van der Waals surface area contributed by atoms with Crippen molar-refractivity contribution in [2.24, 2.45) is 0 Å². The highest BCUT2D eigenvalue weighted by Crippen LogP contribution is 2.15. The van der Waals surface area contributed by atoms with Gasteiger partial charge < -0.3 is 15.4 Å². The lowest BCUT2D eigenvalue weighted by atomic mass is 10.1. The second-order valence-corrected chi connectivity index (χ2v) is 5.81. The zero-order valence-electron chi connectivity index (χ0n) is 15.0. The van der Waals surface area contributed by atoms with Crippen molar-refractivity contribution in [2.45, 2.75) is 6.54 Å². The summed E-state index contributed by atoms with van der Waals surface area (Å²) in [5, 5.41) is 13.5. The number of aromatic nitrogens is 2. The minimum absolute atomic E-state index is 0.112. The molecule has 0 unspecified atom stereocenters. The number of nitrogens with one attached hydrogen (secondary N) is 2. The molecule has 0 atom stereocenters. The summed E-state index contributed by atoms with van der Waals surface area (Å²) in [4.78, 5) is 23.6. The average Bonchev–Trinajstić information content (AvgIpc) is 2.73. The van der Waals surface area contributed by atoms with E-state index in [1.165, 1.54) is 25.3 Å². The van der Waals surface area contributed by atoms with Crippen molar-refractivity contribution >= 4 is 23.4 Å². The highest BCUT2D eigenvalue weighted by Gasteiger charge is 2.08. The van der Waals surface area contributed by atoms with E-state index in [2.05, 4.69) is 25.6 Å². The summed E-state index contributed by atoms with van der Waals surface area (Å²) in [6.45, 7) is 0.307. The van der Waals surface area contributed by atoms with Gasteiger partial charge in [-0.05, 0) is 54.1 Å². The lowest BCUT2D eigenvalue weighted by Crippen LogP contribution is -2.22. The van der Waals surface area contributed by atoms with Gasteiger partial charge in [-0.2, -0.15) is 0 Å². The van der Waals surface area contributed by atoms with Crippen molar-refractivity contribution in [3.8, 4) is 0 Å². The van der Waals surface area contributed by atoms with E-state index in [1.807, 2.05) is 0 Å². The van der Waals surface area contributed by atoms with Gasteiger partial charge in [0, 0.05) is 17.8 Å². The van der Waals surface area contributed by atoms with Crippen LogP contribution in [0.15, 0.2) is 60.7 Å². The first-order valence-corrected chi connectivity index (χ1v) is 8.37. The molecule has 2 N–H and O–H groups in total. The van der Waals surface area contributed by atoms with Crippen molar-refractivity contribution in [1.29, 1.82) is 0 Å². The highest BCUT2D eigenvalue weighted by atomic mass is 19.1. The Morgan fingerprint density at radius 1 is 0.964 bits per heavy atom. The first-order valence-electron chi connectivity index (χ1n) is 8.37. The second kappa shape index (κ2) is 8.72. The lowest BCUT2D eigenvalue weighted by Gasteiger charge is -2.08. The molecule has 8 heteroatoms. The minimum atomic E-state index is -0.560. The maximum atomic E-state index is 12.9. The van der Waals surface area contributed by atoms with Crippen LogP contribution in [0.4, 0.5) is 15.9 Å². The Balaban J connectivity index is 1.57. The summed E-state index contributed by atoms with van der Waals surface area (Å²) < 4.78 is 17.5. The molecule has 0 saturated heterocycles. The number of carbonyl (C=O) groups is 2. The molecule has 2 aromatic carbocycles. The molecule has 0 fully saturated rings. The molecule has 0 bridgehead atoms. The fourth-order valence-electron chi connectivity index (χ4n) is 2.35.